The zero-order valence-corrected chi connectivity index (χ0v) is 17.5. The van der Waals surface area contributed by atoms with Gasteiger partial charge in [-0.25, -0.2) is 9.78 Å². The number of nitrogens with zero attached hydrogens (tertiary/aromatic N) is 6. The lowest BCUT2D eigenvalue weighted by Crippen LogP contribution is -2.40. The van der Waals surface area contributed by atoms with Crippen LogP contribution >= 0.6 is 0 Å². The van der Waals surface area contributed by atoms with Crippen LogP contribution in [0.5, 0.6) is 0 Å². The van der Waals surface area contributed by atoms with Gasteiger partial charge in [0.25, 0.3) is 5.56 Å². The lowest BCUT2D eigenvalue weighted by atomic mass is 10.1. The summed E-state index contributed by atoms with van der Waals surface area (Å²) in [4.78, 5) is 33.4. The molecule has 0 unspecified atom stereocenters. The van der Waals surface area contributed by atoms with Gasteiger partial charge in [0, 0.05) is 19.3 Å². The number of benzene rings is 1. The van der Waals surface area contributed by atoms with Crippen molar-refractivity contribution in [3.63, 3.8) is 0 Å². The summed E-state index contributed by atoms with van der Waals surface area (Å²) in [7, 11) is 0. The quantitative estimate of drug-likeness (QED) is 0.496. The van der Waals surface area contributed by atoms with Crippen LogP contribution in [-0.2, 0) is 19.6 Å². The van der Waals surface area contributed by atoms with Crippen molar-refractivity contribution in [2.75, 3.05) is 0 Å². The third-order valence-corrected chi connectivity index (χ3v) is 5.09. The Kier molecular flexibility index (Phi) is 5.54. The molecule has 0 bridgehead atoms. The van der Waals surface area contributed by atoms with Crippen molar-refractivity contribution >= 4 is 11.2 Å². The molecule has 0 atom stereocenters. The number of imidazole rings is 1. The van der Waals surface area contributed by atoms with Crippen molar-refractivity contribution in [1.82, 2.24) is 28.9 Å². The molecular formula is C22H23N7O2. The number of rotatable bonds is 7. The molecule has 31 heavy (non-hydrogen) atoms. The van der Waals surface area contributed by atoms with Crippen LogP contribution in [0.15, 0.2) is 46.2 Å². The van der Waals surface area contributed by atoms with Crippen molar-refractivity contribution < 1.29 is 0 Å². The first-order chi connectivity index (χ1) is 15.0. The van der Waals surface area contributed by atoms with Gasteiger partial charge in [-0.15, -0.1) is 0 Å². The number of nitriles is 1. The summed E-state index contributed by atoms with van der Waals surface area (Å²) in [5, 5.41) is 13.3. The van der Waals surface area contributed by atoms with E-state index in [0.717, 1.165) is 17.5 Å². The molecule has 0 spiro atoms. The topological polar surface area (TPSA) is 114 Å². The van der Waals surface area contributed by atoms with Gasteiger partial charge in [-0.2, -0.15) is 10.4 Å². The molecule has 4 rings (SSSR count). The molecule has 1 N–H and O–H groups in total. The van der Waals surface area contributed by atoms with Gasteiger partial charge in [0.05, 0.1) is 29.9 Å². The summed E-state index contributed by atoms with van der Waals surface area (Å²) in [5.74, 6) is 0.497. The predicted molar refractivity (Wildman–Crippen MR) is 117 cm³/mol. The highest BCUT2D eigenvalue weighted by atomic mass is 16.2. The van der Waals surface area contributed by atoms with E-state index in [1.807, 2.05) is 32.2 Å². The van der Waals surface area contributed by atoms with Crippen molar-refractivity contribution in [2.45, 2.75) is 46.3 Å². The standard InChI is InChI=1S/C22H23N7O2/c1-3-9-28-20-18(21(30)29(10-4-2)22(28)31)25-19(26-20)17-12-24-27(14-17)13-16-7-5-15(11-23)6-8-16/h5-8,12,14H,3-4,9-10,13H2,1-2H3,(H,25,26). The maximum absolute atomic E-state index is 12.9. The second kappa shape index (κ2) is 8.44. The van der Waals surface area contributed by atoms with Crippen LogP contribution in [0.1, 0.15) is 37.8 Å². The summed E-state index contributed by atoms with van der Waals surface area (Å²) in [6, 6.07) is 9.43. The van der Waals surface area contributed by atoms with Gasteiger partial charge in [-0.05, 0) is 30.5 Å². The zero-order valence-electron chi connectivity index (χ0n) is 17.5. The first kappa shape index (κ1) is 20.3. The summed E-state index contributed by atoms with van der Waals surface area (Å²) in [6.45, 7) is 5.31. The third-order valence-electron chi connectivity index (χ3n) is 5.09. The summed E-state index contributed by atoms with van der Waals surface area (Å²) < 4.78 is 4.60. The lowest BCUT2D eigenvalue weighted by Gasteiger charge is -2.09. The maximum atomic E-state index is 12.9. The van der Waals surface area contributed by atoms with E-state index in [2.05, 4.69) is 21.1 Å². The third kappa shape index (κ3) is 3.80. The number of fused-ring (bicyclic) bond motifs is 1. The number of nitrogens with one attached hydrogen (secondary N) is 1. The molecule has 0 radical (unpaired) electrons. The average Bonchev–Trinajstić information content (AvgIpc) is 3.42. The van der Waals surface area contributed by atoms with Gasteiger partial charge in [0.15, 0.2) is 5.65 Å². The van der Waals surface area contributed by atoms with Crippen LogP contribution in [0.2, 0.25) is 0 Å². The second-order valence-corrected chi connectivity index (χ2v) is 7.41. The number of H-pyrrole nitrogens is 1. The Balaban J connectivity index is 1.72. The Morgan fingerprint density at radius 2 is 1.77 bits per heavy atom. The molecule has 3 aromatic heterocycles. The minimum atomic E-state index is -0.349. The van der Waals surface area contributed by atoms with E-state index < -0.39 is 0 Å². The number of aromatic amines is 1. The first-order valence-corrected chi connectivity index (χ1v) is 10.3. The summed E-state index contributed by atoms with van der Waals surface area (Å²) in [5.41, 5.74) is 2.38. The second-order valence-electron chi connectivity index (χ2n) is 7.41. The van der Waals surface area contributed by atoms with Crippen LogP contribution in [0.25, 0.3) is 22.6 Å². The predicted octanol–water partition coefficient (Wildman–Crippen LogP) is 2.49. The van der Waals surface area contributed by atoms with Gasteiger partial charge >= 0.3 is 5.69 Å². The molecule has 9 heteroatoms. The molecule has 0 amide bonds. The van der Waals surface area contributed by atoms with Crippen LogP contribution in [0.3, 0.4) is 0 Å². The SMILES string of the molecule is CCCn1c(=O)c2[nH]c(-c3cnn(Cc4ccc(C#N)cc4)c3)nc2n(CCC)c1=O. The van der Waals surface area contributed by atoms with Gasteiger partial charge in [-0.3, -0.25) is 18.6 Å². The normalized spacial score (nSPS) is 11.1. The zero-order chi connectivity index (χ0) is 22.0. The highest BCUT2D eigenvalue weighted by Gasteiger charge is 2.18. The van der Waals surface area contributed by atoms with Crippen molar-refractivity contribution in [3.8, 4) is 17.5 Å². The number of hydrogen-bond acceptors (Lipinski definition) is 5. The highest BCUT2D eigenvalue weighted by Crippen LogP contribution is 2.18. The Bertz CT molecular complexity index is 1380. The molecule has 0 saturated heterocycles. The van der Waals surface area contributed by atoms with E-state index in [0.29, 0.717) is 48.6 Å². The number of aryl methyl sites for hydroxylation is 1. The molecule has 0 aliphatic carbocycles. The summed E-state index contributed by atoms with van der Waals surface area (Å²) >= 11 is 0. The molecule has 0 aliphatic rings. The van der Waals surface area contributed by atoms with E-state index in [1.54, 1.807) is 27.6 Å². The first-order valence-electron chi connectivity index (χ1n) is 10.3. The van der Waals surface area contributed by atoms with Crippen LogP contribution < -0.4 is 11.2 Å². The Morgan fingerprint density at radius 1 is 1.06 bits per heavy atom. The van der Waals surface area contributed by atoms with Crippen LogP contribution in [0.4, 0.5) is 0 Å². The number of hydrogen-bond donors (Lipinski definition) is 1. The molecule has 158 valence electrons. The van der Waals surface area contributed by atoms with E-state index in [9.17, 15) is 9.59 Å². The minimum absolute atomic E-state index is 0.323. The van der Waals surface area contributed by atoms with Gasteiger partial charge in [0.1, 0.15) is 11.3 Å². The van der Waals surface area contributed by atoms with E-state index in [-0.39, 0.29) is 11.2 Å². The number of aromatic nitrogens is 6. The molecule has 3 heterocycles. The fourth-order valence-corrected chi connectivity index (χ4v) is 3.59. The Hall–Kier alpha value is -3.93. The molecule has 0 fully saturated rings. The molecular weight excluding hydrogens is 394 g/mol. The summed E-state index contributed by atoms with van der Waals surface area (Å²) in [6.07, 6.45) is 4.96. The molecule has 1 aromatic carbocycles. The fourth-order valence-electron chi connectivity index (χ4n) is 3.59. The van der Waals surface area contributed by atoms with Gasteiger partial charge in [0.2, 0.25) is 0 Å². The van der Waals surface area contributed by atoms with E-state index in [4.69, 9.17) is 5.26 Å². The average molecular weight is 417 g/mol. The lowest BCUT2D eigenvalue weighted by molar-refractivity contribution is 0.555. The molecule has 4 aromatic rings. The van der Waals surface area contributed by atoms with Gasteiger partial charge < -0.3 is 4.98 Å². The van der Waals surface area contributed by atoms with Crippen LogP contribution in [0, 0.1) is 11.3 Å². The van der Waals surface area contributed by atoms with Crippen molar-refractivity contribution in [1.29, 1.82) is 5.26 Å². The van der Waals surface area contributed by atoms with E-state index >= 15 is 0 Å². The minimum Gasteiger partial charge on any atom is -0.332 e. The van der Waals surface area contributed by atoms with Crippen molar-refractivity contribution in [2.24, 2.45) is 0 Å². The molecule has 0 aliphatic heterocycles. The smallest absolute Gasteiger partial charge is 0.332 e. The van der Waals surface area contributed by atoms with Crippen LogP contribution in [-0.4, -0.2) is 28.9 Å². The Morgan fingerprint density at radius 3 is 2.45 bits per heavy atom. The molecule has 0 saturated carbocycles. The van der Waals surface area contributed by atoms with Crippen molar-refractivity contribution in [3.05, 3.63) is 68.6 Å². The monoisotopic (exact) mass is 417 g/mol. The largest absolute Gasteiger partial charge is 0.332 e. The van der Waals surface area contributed by atoms with Gasteiger partial charge in [-0.1, -0.05) is 26.0 Å². The fraction of sp³-hybridized carbons (Fsp3) is 0.318. The maximum Gasteiger partial charge on any atom is 0.332 e. The Labute approximate surface area is 178 Å². The van der Waals surface area contributed by atoms with E-state index in [1.165, 1.54) is 4.57 Å². The highest BCUT2D eigenvalue weighted by molar-refractivity contribution is 5.75. The molecule has 9 nitrogen and oxygen atoms in total.